The lowest BCUT2D eigenvalue weighted by Gasteiger charge is -2.24. The van der Waals surface area contributed by atoms with E-state index >= 15 is 0 Å². The molecule has 88 valence electrons. The smallest absolute Gasteiger partial charge is 0.324 e. The average Bonchev–Trinajstić information content (AvgIpc) is 2.80. The van der Waals surface area contributed by atoms with Crippen molar-refractivity contribution in [2.45, 2.75) is 24.8 Å². The summed E-state index contributed by atoms with van der Waals surface area (Å²) in [5.41, 5.74) is 0.459. The van der Waals surface area contributed by atoms with Gasteiger partial charge in [-0.3, -0.25) is 4.79 Å². The zero-order chi connectivity index (χ0) is 12.3. The molecule has 0 saturated carbocycles. The highest BCUT2D eigenvalue weighted by Crippen LogP contribution is 2.25. The van der Waals surface area contributed by atoms with Crippen LogP contribution in [-0.2, 0) is 11.2 Å². The highest BCUT2D eigenvalue weighted by Gasteiger charge is 2.41. The standard InChI is InChI=1S/C13H14N2O2/c14-9-11-5-2-1-4-10(11)8-13(12(16)17)6-3-7-15-13/h1-2,4-5,15H,3,6-8H2,(H,16,17). The van der Waals surface area contributed by atoms with E-state index in [2.05, 4.69) is 11.4 Å². The maximum Gasteiger partial charge on any atom is 0.324 e. The van der Waals surface area contributed by atoms with Gasteiger partial charge in [0.15, 0.2) is 0 Å². The van der Waals surface area contributed by atoms with Crippen LogP contribution in [0.25, 0.3) is 0 Å². The molecule has 17 heavy (non-hydrogen) atoms. The Hall–Kier alpha value is -1.86. The lowest BCUT2D eigenvalue weighted by molar-refractivity contribution is -0.144. The number of nitriles is 1. The molecule has 4 heteroatoms. The van der Waals surface area contributed by atoms with Gasteiger partial charge in [0.05, 0.1) is 11.6 Å². The van der Waals surface area contributed by atoms with Gasteiger partial charge in [0.1, 0.15) is 5.54 Å². The van der Waals surface area contributed by atoms with Gasteiger partial charge in [0.2, 0.25) is 0 Å². The van der Waals surface area contributed by atoms with Gasteiger partial charge < -0.3 is 10.4 Å². The van der Waals surface area contributed by atoms with Crippen molar-refractivity contribution in [3.8, 4) is 6.07 Å². The molecule has 1 heterocycles. The fourth-order valence-electron chi connectivity index (χ4n) is 2.32. The van der Waals surface area contributed by atoms with E-state index in [9.17, 15) is 9.90 Å². The molecule has 0 spiro atoms. The lowest BCUT2D eigenvalue weighted by atomic mass is 9.87. The van der Waals surface area contributed by atoms with Crippen LogP contribution in [-0.4, -0.2) is 23.2 Å². The Kier molecular flexibility index (Phi) is 3.12. The maximum absolute atomic E-state index is 11.4. The van der Waals surface area contributed by atoms with Crippen molar-refractivity contribution in [2.75, 3.05) is 6.54 Å². The molecule has 0 aliphatic carbocycles. The largest absolute Gasteiger partial charge is 0.480 e. The van der Waals surface area contributed by atoms with Crippen LogP contribution in [0.5, 0.6) is 0 Å². The summed E-state index contributed by atoms with van der Waals surface area (Å²) in [4.78, 5) is 11.4. The minimum Gasteiger partial charge on any atom is -0.480 e. The van der Waals surface area contributed by atoms with Gasteiger partial charge in [-0.1, -0.05) is 18.2 Å². The quantitative estimate of drug-likeness (QED) is 0.821. The van der Waals surface area contributed by atoms with Crippen LogP contribution in [0.2, 0.25) is 0 Å². The van der Waals surface area contributed by atoms with Gasteiger partial charge in [0.25, 0.3) is 0 Å². The SMILES string of the molecule is N#Cc1ccccc1CC1(C(=O)O)CCCN1. The summed E-state index contributed by atoms with van der Waals surface area (Å²) < 4.78 is 0. The molecule has 1 fully saturated rings. The van der Waals surface area contributed by atoms with Gasteiger partial charge in [-0.15, -0.1) is 0 Å². The van der Waals surface area contributed by atoms with Gasteiger partial charge in [-0.25, -0.2) is 0 Å². The highest BCUT2D eigenvalue weighted by molar-refractivity contribution is 5.80. The average molecular weight is 230 g/mol. The predicted molar refractivity (Wildman–Crippen MR) is 62.5 cm³/mol. The van der Waals surface area contributed by atoms with Gasteiger partial charge in [-0.2, -0.15) is 5.26 Å². The molecular weight excluding hydrogens is 216 g/mol. The summed E-state index contributed by atoms with van der Waals surface area (Å²) in [7, 11) is 0. The van der Waals surface area contributed by atoms with Crippen molar-refractivity contribution in [2.24, 2.45) is 0 Å². The topological polar surface area (TPSA) is 73.1 Å². The Morgan fingerprint density at radius 3 is 2.88 bits per heavy atom. The van der Waals surface area contributed by atoms with E-state index in [0.29, 0.717) is 18.4 Å². The molecule has 1 aromatic carbocycles. The van der Waals surface area contributed by atoms with E-state index in [1.807, 2.05) is 12.1 Å². The summed E-state index contributed by atoms with van der Waals surface area (Å²) in [6, 6.07) is 9.27. The second-order valence-corrected chi connectivity index (χ2v) is 4.36. The molecule has 1 saturated heterocycles. The number of carboxylic acid groups (broad SMARTS) is 1. The van der Waals surface area contributed by atoms with Crippen molar-refractivity contribution < 1.29 is 9.90 Å². The maximum atomic E-state index is 11.4. The number of benzene rings is 1. The molecule has 1 aliphatic rings. The number of nitrogens with zero attached hydrogens (tertiary/aromatic N) is 1. The monoisotopic (exact) mass is 230 g/mol. The minimum absolute atomic E-state index is 0.367. The number of hydrogen-bond donors (Lipinski definition) is 2. The van der Waals surface area contributed by atoms with E-state index in [0.717, 1.165) is 18.5 Å². The minimum atomic E-state index is -0.896. The Bertz CT molecular complexity index is 471. The third kappa shape index (κ3) is 2.15. The van der Waals surface area contributed by atoms with Crippen LogP contribution < -0.4 is 5.32 Å². The summed E-state index contributed by atoms with van der Waals surface area (Å²) in [6.45, 7) is 0.723. The number of aliphatic carboxylic acids is 1. The molecule has 2 N–H and O–H groups in total. The van der Waals surface area contributed by atoms with Gasteiger partial charge >= 0.3 is 5.97 Å². The lowest BCUT2D eigenvalue weighted by Crippen LogP contribution is -2.49. The van der Waals surface area contributed by atoms with E-state index in [-0.39, 0.29) is 0 Å². The molecule has 1 aromatic rings. The van der Waals surface area contributed by atoms with Crippen LogP contribution >= 0.6 is 0 Å². The molecule has 1 aliphatic heterocycles. The first-order valence-corrected chi connectivity index (χ1v) is 5.64. The molecular formula is C13H14N2O2. The van der Waals surface area contributed by atoms with Gasteiger partial charge in [0, 0.05) is 6.42 Å². The summed E-state index contributed by atoms with van der Waals surface area (Å²) in [5.74, 6) is -0.831. The third-order valence-electron chi connectivity index (χ3n) is 3.28. The Morgan fingerprint density at radius 2 is 2.29 bits per heavy atom. The first kappa shape index (κ1) is 11.6. The van der Waals surface area contributed by atoms with E-state index < -0.39 is 11.5 Å². The summed E-state index contributed by atoms with van der Waals surface area (Å²) >= 11 is 0. The predicted octanol–water partition coefficient (Wildman–Crippen LogP) is 1.31. The third-order valence-corrected chi connectivity index (χ3v) is 3.28. The first-order chi connectivity index (χ1) is 8.18. The van der Waals surface area contributed by atoms with Crippen LogP contribution in [0.3, 0.4) is 0 Å². The van der Waals surface area contributed by atoms with Crippen molar-refractivity contribution in [3.63, 3.8) is 0 Å². The fraction of sp³-hybridized carbons (Fsp3) is 0.385. The van der Waals surface area contributed by atoms with Crippen LogP contribution in [0.15, 0.2) is 24.3 Å². The highest BCUT2D eigenvalue weighted by atomic mass is 16.4. The summed E-state index contributed by atoms with van der Waals surface area (Å²) in [5, 5.41) is 21.4. The van der Waals surface area contributed by atoms with Crippen LogP contribution in [0.4, 0.5) is 0 Å². The molecule has 0 amide bonds. The molecule has 1 unspecified atom stereocenters. The van der Waals surface area contributed by atoms with Crippen LogP contribution in [0, 0.1) is 11.3 Å². The molecule has 0 aromatic heterocycles. The van der Waals surface area contributed by atoms with Crippen LogP contribution in [0.1, 0.15) is 24.0 Å². The number of hydrogen-bond acceptors (Lipinski definition) is 3. The first-order valence-electron chi connectivity index (χ1n) is 5.64. The van der Waals surface area contributed by atoms with Crippen molar-refractivity contribution in [1.82, 2.24) is 5.32 Å². The number of carbonyl (C=O) groups is 1. The van der Waals surface area contributed by atoms with E-state index in [4.69, 9.17) is 5.26 Å². The normalized spacial score (nSPS) is 23.2. The molecule has 4 nitrogen and oxygen atoms in total. The van der Waals surface area contributed by atoms with Gasteiger partial charge in [-0.05, 0) is 31.0 Å². The second-order valence-electron chi connectivity index (χ2n) is 4.36. The Labute approximate surface area is 99.9 Å². The Morgan fingerprint density at radius 1 is 1.53 bits per heavy atom. The van der Waals surface area contributed by atoms with E-state index in [1.165, 1.54) is 0 Å². The zero-order valence-electron chi connectivity index (χ0n) is 9.44. The fourth-order valence-corrected chi connectivity index (χ4v) is 2.32. The van der Waals surface area contributed by atoms with Crippen molar-refractivity contribution >= 4 is 5.97 Å². The summed E-state index contributed by atoms with van der Waals surface area (Å²) in [6.07, 6.45) is 1.84. The molecule has 0 bridgehead atoms. The van der Waals surface area contributed by atoms with E-state index in [1.54, 1.807) is 12.1 Å². The molecule has 2 rings (SSSR count). The second kappa shape index (κ2) is 4.56. The Balaban J connectivity index is 2.30. The number of nitrogens with one attached hydrogen (secondary N) is 1. The molecule has 1 atom stereocenters. The number of rotatable bonds is 3. The zero-order valence-corrected chi connectivity index (χ0v) is 9.44. The number of carboxylic acids is 1. The van der Waals surface area contributed by atoms with Crippen molar-refractivity contribution in [3.05, 3.63) is 35.4 Å². The molecule has 0 radical (unpaired) electrons. The van der Waals surface area contributed by atoms with Crippen molar-refractivity contribution in [1.29, 1.82) is 5.26 Å².